The Morgan fingerprint density at radius 3 is 2.45 bits per heavy atom. The number of anilines is 1. The van der Waals surface area contributed by atoms with E-state index in [1.165, 1.54) is 0 Å². The number of hydrogen-bond acceptors (Lipinski definition) is 4. The van der Waals surface area contributed by atoms with Gasteiger partial charge in [-0.2, -0.15) is 0 Å². The van der Waals surface area contributed by atoms with E-state index in [0.717, 1.165) is 30.5 Å². The number of nitrogens with one attached hydrogen (secondary N) is 1. The zero-order chi connectivity index (χ0) is 13.9. The second-order valence-electron chi connectivity index (χ2n) is 5.45. The molecule has 5 heteroatoms. The first-order valence-corrected chi connectivity index (χ1v) is 7.12. The van der Waals surface area contributed by atoms with Crippen molar-refractivity contribution in [1.29, 1.82) is 0 Å². The second-order valence-corrected chi connectivity index (χ2v) is 5.45. The van der Waals surface area contributed by atoms with Gasteiger partial charge in [-0.25, -0.2) is 0 Å². The molecule has 1 saturated heterocycles. The zero-order valence-corrected chi connectivity index (χ0v) is 11.4. The molecule has 3 rings (SSSR count). The number of hydrogen-bond donors (Lipinski definition) is 2. The molecule has 2 atom stereocenters. The Kier molecular flexibility index (Phi) is 4.00. The van der Waals surface area contributed by atoms with Gasteiger partial charge in [0.1, 0.15) is 0 Å². The maximum Gasteiger partial charge on any atom is 0.227 e. The average molecular weight is 276 g/mol. The van der Waals surface area contributed by atoms with Crippen LogP contribution >= 0.6 is 0 Å². The van der Waals surface area contributed by atoms with E-state index in [-0.39, 0.29) is 24.2 Å². The highest BCUT2D eigenvalue weighted by molar-refractivity contribution is 5.92. The molecule has 1 saturated carbocycles. The number of carbonyl (C=O) groups is 1. The predicted octanol–water partition coefficient (Wildman–Crippen LogP) is 1.80. The SMILES string of the molecule is NC1CCC(C(=O)Nc2ccc(C3OCCO3)cc2)C1. The molecule has 1 aliphatic carbocycles. The van der Waals surface area contributed by atoms with Crippen LogP contribution in [0.2, 0.25) is 0 Å². The summed E-state index contributed by atoms with van der Waals surface area (Å²) in [7, 11) is 0. The number of ether oxygens (including phenoxy) is 2. The summed E-state index contributed by atoms with van der Waals surface area (Å²) in [6, 6.07) is 7.78. The normalized spacial score (nSPS) is 26.9. The molecule has 2 aliphatic rings. The Morgan fingerprint density at radius 2 is 1.85 bits per heavy atom. The monoisotopic (exact) mass is 276 g/mol. The number of amides is 1. The quantitative estimate of drug-likeness (QED) is 0.883. The zero-order valence-electron chi connectivity index (χ0n) is 11.4. The van der Waals surface area contributed by atoms with Crippen molar-refractivity contribution in [3.63, 3.8) is 0 Å². The fourth-order valence-electron chi connectivity index (χ4n) is 2.77. The van der Waals surface area contributed by atoms with Crippen LogP contribution in [0.15, 0.2) is 24.3 Å². The fraction of sp³-hybridized carbons (Fsp3) is 0.533. The predicted molar refractivity (Wildman–Crippen MR) is 75.0 cm³/mol. The van der Waals surface area contributed by atoms with Crippen molar-refractivity contribution >= 4 is 11.6 Å². The summed E-state index contributed by atoms with van der Waals surface area (Å²) < 4.78 is 10.9. The van der Waals surface area contributed by atoms with Gasteiger partial charge in [0.05, 0.1) is 13.2 Å². The lowest BCUT2D eigenvalue weighted by Crippen LogP contribution is -2.23. The molecule has 0 aromatic heterocycles. The molecule has 1 amide bonds. The van der Waals surface area contributed by atoms with Crippen molar-refractivity contribution in [2.75, 3.05) is 18.5 Å². The van der Waals surface area contributed by atoms with E-state index >= 15 is 0 Å². The number of nitrogens with two attached hydrogens (primary N) is 1. The summed E-state index contributed by atoms with van der Waals surface area (Å²) in [5, 5.41) is 2.95. The molecular weight excluding hydrogens is 256 g/mol. The molecule has 0 spiro atoms. The maximum atomic E-state index is 12.1. The molecule has 1 aromatic rings. The highest BCUT2D eigenvalue weighted by Crippen LogP contribution is 2.27. The molecule has 0 bridgehead atoms. The van der Waals surface area contributed by atoms with Gasteiger partial charge in [-0.3, -0.25) is 4.79 Å². The van der Waals surface area contributed by atoms with Gasteiger partial charge in [0, 0.05) is 23.2 Å². The van der Waals surface area contributed by atoms with Gasteiger partial charge in [0.25, 0.3) is 0 Å². The van der Waals surface area contributed by atoms with Crippen LogP contribution < -0.4 is 11.1 Å². The van der Waals surface area contributed by atoms with Crippen molar-refractivity contribution in [3.05, 3.63) is 29.8 Å². The Balaban J connectivity index is 1.58. The van der Waals surface area contributed by atoms with Crippen LogP contribution in [0.3, 0.4) is 0 Å². The van der Waals surface area contributed by atoms with Crippen LogP contribution in [-0.2, 0) is 14.3 Å². The summed E-state index contributed by atoms with van der Waals surface area (Å²) >= 11 is 0. The van der Waals surface area contributed by atoms with E-state index in [1.807, 2.05) is 24.3 Å². The largest absolute Gasteiger partial charge is 0.346 e. The topological polar surface area (TPSA) is 73.6 Å². The minimum absolute atomic E-state index is 0.0474. The first-order chi connectivity index (χ1) is 9.72. The number of carbonyl (C=O) groups excluding carboxylic acids is 1. The van der Waals surface area contributed by atoms with Crippen LogP contribution in [0.25, 0.3) is 0 Å². The van der Waals surface area contributed by atoms with E-state index in [9.17, 15) is 4.79 Å². The Hall–Kier alpha value is -1.43. The van der Waals surface area contributed by atoms with Crippen molar-refractivity contribution in [1.82, 2.24) is 0 Å². The first kappa shape index (κ1) is 13.5. The summed E-state index contributed by atoms with van der Waals surface area (Å²) in [4.78, 5) is 12.1. The second kappa shape index (κ2) is 5.91. The van der Waals surface area contributed by atoms with Crippen LogP contribution in [0.5, 0.6) is 0 Å². The highest BCUT2D eigenvalue weighted by atomic mass is 16.7. The molecule has 5 nitrogen and oxygen atoms in total. The Labute approximate surface area is 118 Å². The number of rotatable bonds is 3. The third kappa shape index (κ3) is 3.00. The molecule has 2 fully saturated rings. The minimum Gasteiger partial charge on any atom is -0.346 e. The van der Waals surface area contributed by atoms with Gasteiger partial charge in [-0.15, -0.1) is 0 Å². The van der Waals surface area contributed by atoms with E-state index in [4.69, 9.17) is 15.2 Å². The lowest BCUT2D eigenvalue weighted by molar-refractivity contribution is -0.119. The van der Waals surface area contributed by atoms with E-state index < -0.39 is 0 Å². The van der Waals surface area contributed by atoms with Gasteiger partial charge in [0.15, 0.2) is 6.29 Å². The van der Waals surface area contributed by atoms with E-state index in [0.29, 0.717) is 13.2 Å². The molecule has 108 valence electrons. The molecule has 20 heavy (non-hydrogen) atoms. The third-order valence-electron chi connectivity index (χ3n) is 3.92. The van der Waals surface area contributed by atoms with Crippen LogP contribution in [0, 0.1) is 5.92 Å². The minimum atomic E-state index is -0.271. The fourth-order valence-corrected chi connectivity index (χ4v) is 2.77. The Morgan fingerprint density at radius 1 is 1.15 bits per heavy atom. The summed E-state index contributed by atoms with van der Waals surface area (Å²) in [6.07, 6.45) is 2.34. The van der Waals surface area contributed by atoms with E-state index in [1.54, 1.807) is 0 Å². The average Bonchev–Trinajstić information content (AvgIpc) is 3.10. The molecule has 1 heterocycles. The van der Waals surface area contributed by atoms with Crippen LogP contribution in [0.4, 0.5) is 5.69 Å². The molecule has 1 aromatic carbocycles. The molecular formula is C15H20N2O3. The lowest BCUT2D eigenvalue weighted by atomic mass is 10.1. The highest BCUT2D eigenvalue weighted by Gasteiger charge is 2.27. The van der Waals surface area contributed by atoms with Gasteiger partial charge in [-0.1, -0.05) is 12.1 Å². The first-order valence-electron chi connectivity index (χ1n) is 7.12. The molecule has 1 aliphatic heterocycles. The number of benzene rings is 1. The van der Waals surface area contributed by atoms with Gasteiger partial charge in [-0.05, 0) is 31.4 Å². The van der Waals surface area contributed by atoms with Gasteiger partial charge >= 0.3 is 0 Å². The Bertz CT molecular complexity index is 469. The van der Waals surface area contributed by atoms with Gasteiger partial charge < -0.3 is 20.5 Å². The van der Waals surface area contributed by atoms with Crippen LogP contribution in [0.1, 0.15) is 31.1 Å². The van der Waals surface area contributed by atoms with E-state index in [2.05, 4.69) is 5.32 Å². The summed E-state index contributed by atoms with van der Waals surface area (Å²) in [5.41, 5.74) is 7.62. The molecule has 3 N–H and O–H groups in total. The standard InChI is InChI=1S/C15H20N2O3/c16-12-4-1-11(9-12)14(18)17-13-5-2-10(3-6-13)15-19-7-8-20-15/h2-3,5-6,11-12,15H,1,4,7-9,16H2,(H,17,18). The van der Waals surface area contributed by atoms with Crippen molar-refractivity contribution in [2.24, 2.45) is 11.7 Å². The van der Waals surface area contributed by atoms with Crippen molar-refractivity contribution in [2.45, 2.75) is 31.6 Å². The lowest BCUT2D eigenvalue weighted by Gasteiger charge is -2.13. The smallest absolute Gasteiger partial charge is 0.227 e. The summed E-state index contributed by atoms with van der Waals surface area (Å²) in [6.45, 7) is 1.26. The van der Waals surface area contributed by atoms with Crippen LogP contribution in [-0.4, -0.2) is 25.2 Å². The third-order valence-corrected chi connectivity index (χ3v) is 3.92. The molecule has 0 radical (unpaired) electrons. The maximum absolute atomic E-state index is 12.1. The van der Waals surface area contributed by atoms with Crippen molar-refractivity contribution in [3.8, 4) is 0 Å². The molecule has 2 unspecified atom stereocenters. The van der Waals surface area contributed by atoms with Crippen molar-refractivity contribution < 1.29 is 14.3 Å². The summed E-state index contributed by atoms with van der Waals surface area (Å²) in [5.74, 6) is 0.116. The van der Waals surface area contributed by atoms with Gasteiger partial charge in [0.2, 0.25) is 5.91 Å².